The summed E-state index contributed by atoms with van der Waals surface area (Å²) in [5, 5.41) is 0. The summed E-state index contributed by atoms with van der Waals surface area (Å²) in [6, 6.07) is 8.47. The first kappa shape index (κ1) is 15.4. The Morgan fingerprint density at radius 3 is 2.78 bits per heavy atom. The van der Waals surface area contributed by atoms with E-state index in [0.29, 0.717) is 0 Å². The molecule has 0 atom stereocenters. The van der Waals surface area contributed by atoms with Crippen LogP contribution in [0.3, 0.4) is 0 Å². The van der Waals surface area contributed by atoms with E-state index in [0.717, 1.165) is 17.6 Å². The molecule has 0 unspecified atom stereocenters. The van der Waals surface area contributed by atoms with Crippen molar-refractivity contribution in [3.63, 3.8) is 0 Å². The van der Waals surface area contributed by atoms with Crippen molar-refractivity contribution in [1.29, 1.82) is 0 Å². The number of aryl methyl sites for hydroxylation is 1. The van der Waals surface area contributed by atoms with Crippen LogP contribution in [0.1, 0.15) is 24.7 Å². The molecular formula is C14H18Br2N2. The van der Waals surface area contributed by atoms with Crippen molar-refractivity contribution in [2.45, 2.75) is 33.4 Å². The maximum absolute atomic E-state index is 3.51. The summed E-state index contributed by atoms with van der Waals surface area (Å²) in [7, 11) is 0. The SMILES string of the molecule is CCCn1cc[n+](Cc2cccc(Br)c2)c1C.[Br-]. The van der Waals surface area contributed by atoms with Gasteiger partial charge in [0.15, 0.2) is 0 Å². The van der Waals surface area contributed by atoms with Crippen molar-refractivity contribution in [3.05, 3.63) is 52.5 Å². The lowest BCUT2D eigenvalue weighted by molar-refractivity contribution is -0.694. The first-order valence-electron chi connectivity index (χ1n) is 6.00. The summed E-state index contributed by atoms with van der Waals surface area (Å²) >= 11 is 3.51. The van der Waals surface area contributed by atoms with Crippen LogP contribution in [0.25, 0.3) is 0 Å². The molecule has 2 nitrogen and oxygen atoms in total. The number of rotatable bonds is 4. The Bertz CT molecular complexity index is 506. The van der Waals surface area contributed by atoms with Gasteiger partial charge in [-0.3, -0.25) is 0 Å². The van der Waals surface area contributed by atoms with E-state index in [-0.39, 0.29) is 17.0 Å². The van der Waals surface area contributed by atoms with Crippen molar-refractivity contribution in [2.75, 3.05) is 0 Å². The lowest BCUT2D eigenvalue weighted by Crippen LogP contribution is -3.00. The van der Waals surface area contributed by atoms with Crippen LogP contribution in [0.2, 0.25) is 0 Å². The van der Waals surface area contributed by atoms with Crippen LogP contribution < -0.4 is 21.5 Å². The lowest BCUT2D eigenvalue weighted by atomic mass is 10.2. The van der Waals surface area contributed by atoms with Gasteiger partial charge in [-0.15, -0.1) is 0 Å². The zero-order valence-corrected chi connectivity index (χ0v) is 13.9. The van der Waals surface area contributed by atoms with Crippen molar-refractivity contribution in [2.24, 2.45) is 0 Å². The molecule has 0 bridgehead atoms. The minimum Gasteiger partial charge on any atom is -1.00 e. The van der Waals surface area contributed by atoms with E-state index in [9.17, 15) is 0 Å². The van der Waals surface area contributed by atoms with Gasteiger partial charge < -0.3 is 17.0 Å². The Morgan fingerprint density at radius 1 is 1.33 bits per heavy atom. The summed E-state index contributed by atoms with van der Waals surface area (Å²) in [4.78, 5) is 0. The van der Waals surface area contributed by atoms with E-state index >= 15 is 0 Å². The van der Waals surface area contributed by atoms with Crippen LogP contribution in [-0.4, -0.2) is 4.57 Å². The molecule has 0 saturated heterocycles. The monoisotopic (exact) mass is 372 g/mol. The zero-order chi connectivity index (χ0) is 12.3. The maximum Gasteiger partial charge on any atom is 0.253 e. The maximum atomic E-state index is 3.51. The van der Waals surface area contributed by atoms with Crippen molar-refractivity contribution in [1.82, 2.24) is 4.57 Å². The number of benzene rings is 1. The lowest BCUT2D eigenvalue weighted by Gasteiger charge is -2.01. The third-order valence-corrected chi connectivity index (χ3v) is 3.46. The fourth-order valence-corrected chi connectivity index (χ4v) is 2.46. The van der Waals surface area contributed by atoms with E-state index < -0.39 is 0 Å². The molecule has 0 amide bonds. The molecule has 0 aliphatic heterocycles. The number of imidazole rings is 1. The summed E-state index contributed by atoms with van der Waals surface area (Å²) in [6.45, 7) is 6.41. The van der Waals surface area contributed by atoms with Crippen LogP contribution >= 0.6 is 15.9 Å². The highest BCUT2D eigenvalue weighted by atomic mass is 79.9. The molecule has 1 heterocycles. The average Bonchev–Trinajstić information content (AvgIpc) is 2.62. The van der Waals surface area contributed by atoms with Gasteiger partial charge >= 0.3 is 0 Å². The van der Waals surface area contributed by atoms with E-state index in [2.05, 4.69) is 75.6 Å². The van der Waals surface area contributed by atoms with Gasteiger partial charge in [-0.1, -0.05) is 35.0 Å². The largest absolute Gasteiger partial charge is 1.00 e. The topological polar surface area (TPSA) is 8.81 Å². The molecule has 0 aliphatic carbocycles. The second-order valence-electron chi connectivity index (χ2n) is 4.30. The third-order valence-electron chi connectivity index (χ3n) is 2.96. The molecule has 1 aromatic carbocycles. The number of hydrogen-bond acceptors (Lipinski definition) is 0. The highest BCUT2D eigenvalue weighted by molar-refractivity contribution is 9.10. The van der Waals surface area contributed by atoms with E-state index in [4.69, 9.17) is 0 Å². The molecule has 0 fully saturated rings. The molecule has 0 spiro atoms. The number of aromatic nitrogens is 2. The van der Waals surface area contributed by atoms with Gasteiger partial charge in [0, 0.05) is 11.4 Å². The molecule has 18 heavy (non-hydrogen) atoms. The van der Waals surface area contributed by atoms with Crippen LogP contribution in [0.4, 0.5) is 0 Å². The minimum atomic E-state index is 0. The van der Waals surface area contributed by atoms with Gasteiger partial charge in [-0.05, 0) is 24.1 Å². The molecule has 2 aromatic rings. The van der Waals surface area contributed by atoms with Gasteiger partial charge in [0.25, 0.3) is 5.82 Å². The predicted octanol–water partition coefficient (Wildman–Crippen LogP) is 0.309. The first-order chi connectivity index (χ1) is 8.20. The van der Waals surface area contributed by atoms with E-state index in [1.54, 1.807) is 0 Å². The Balaban J connectivity index is 0.00000162. The van der Waals surface area contributed by atoms with Gasteiger partial charge in [-0.25, -0.2) is 9.13 Å². The highest BCUT2D eigenvalue weighted by Crippen LogP contribution is 2.11. The quantitative estimate of drug-likeness (QED) is 0.682. The molecule has 1 aromatic heterocycles. The number of hydrogen-bond donors (Lipinski definition) is 0. The third kappa shape index (κ3) is 3.69. The van der Waals surface area contributed by atoms with Crippen LogP contribution in [-0.2, 0) is 13.1 Å². The van der Waals surface area contributed by atoms with Gasteiger partial charge in [0.1, 0.15) is 18.9 Å². The van der Waals surface area contributed by atoms with Crippen molar-refractivity contribution < 1.29 is 21.5 Å². The molecule has 0 saturated carbocycles. The smallest absolute Gasteiger partial charge is 0.253 e. The zero-order valence-electron chi connectivity index (χ0n) is 10.7. The fraction of sp³-hybridized carbons (Fsp3) is 0.357. The Labute approximate surface area is 128 Å². The highest BCUT2D eigenvalue weighted by Gasteiger charge is 2.11. The molecule has 0 aliphatic rings. The van der Waals surface area contributed by atoms with E-state index in [1.165, 1.54) is 17.8 Å². The summed E-state index contributed by atoms with van der Waals surface area (Å²) in [5.74, 6) is 1.31. The summed E-state index contributed by atoms with van der Waals surface area (Å²) < 4.78 is 5.73. The Morgan fingerprint density at radius 2 is 2.11 bits per heavy atom. The number of halogens is 2. The fourth-order valence-electron chi connectivity index (χ4n) is 2.02. The van der Waals surface area contributed by atoms with Crippen molar-refractivity contribution >= 4 is 15.9 Å². The van der Waals surface area contributed by atoms with Gasteiger partial charge in [0.2, 0.25) is 0 Å². The number of nitrogens with zero attached hydrogens (tertiary/aromatic N) is 2. The standard InChI is InChI=1S/C14H18BrN2.BrH/c1-3-7-16-8-9-17(12(16)2)11-13-5-4-6-14(15)10-13;/h4-6,8-10H,3,7,11H2,1-2H3;1H/q+1;/p-1. The Hall–Kier alpha value is -0.610. The molecule has 0 radical (unpaired) electrons. The van der Waals surface area contributed by atoms with Crippen LogP contribution in [0.5, 0.6) is 0 Å². The molecule has 4 heteroatoms. The average molecular weight is 374 g/mol. The second kappa shape index (κ2) is 7.10. The van der Waals surface area contributed by atoms with Gasteiger partial charge in [0.05, 0.1) is 6.54 Å². The second-order valence-corrected chi connectivity index (χ2v) is 5.21. The molecular weight excluding hydrogens is 356 g/mol. The molecule has 98 valence electrons. The predicted molar refractivity (Wildman–Crippen MR) is 72.9 cm³/mol. The molecule has 2 rings (SSSR count). The van der Waals surface area contributed by atoms with Crippen LogP contribution in [0, 0.1) is 6.92 Å². The van der Waals surface area contributed by atoms with Crippen molar-refractivity contribution in [3.8, 4) is 0 Å². The summed E-state index contributed by atoms with van der Waals surface area (Å²) in [6.07, 6.45) is 5.50. The first-order valence-corrected chi connectivity index (χ1v) is 6.79. The molecule has 0 N–H and O–H groups in total. The Kier molecular flexibility index (Phi) is 6.09. The normalized spacial score (nSPS) is 10.2. The summed E-state index contributed by atoms with van der Waals surface area (Å²) in [5.41, 5.74) is 1.32. The van der Waals surface area contributed by atoms with Crippen LogP contribution in [0.15, 0.2) is 41.1 Å². The minimum absolute atomic E-state index is 0. The van der Waals surface area contributed by atoms with Gasteiger partial charge in [-0.2, -0.15) is 0 Å². The van der Waals surface area contributed by atoms with E-state index in [1.807, 2.05) is 0 Å².